The molecular weight excluding hydrogens is 316 g/mol. The summed E-state index contributed by atoms with van der Waals surface area (Å²) in [5.74, 6) is 0.685. The summed E-state index contributed by atoms with van der Waals surface area (Å²) in [6, 6.07) is 14.8. The number of fused-ring (bicyclic) bond motifs is 1. The zero-order valence-electron chi connectivity index (χ0n) is 14.2. The molecule has 0 spiro atoms. The third-order valence-corrected chi connectivity index (χ3v) is 3.83. The fourth-order valence-corrected chi connectivity index (χ4v) is 2.68. The molecule has 128 valence electrons. The third-order valence-electron chi connectivity index (χ3n) is 3.83. The van der Waals surface area contributed by atoms with Crippen LogP contribution in [0.3, 0.4) is 0 Å². The van der Waals surface area contributed by atoms with Crippen LogP contribution in [-0.2, 0) is 4.74 Å². The van der Waals surface area contributed by atoms with Gasteiger partial charge in [-0.1, -0.05) is 30.3 Å². The molecule has 25 heavy (non-hydrogen) atoms. The summed E-state index contributed by atoms with van der Waals surface area (Å²) in [5.41, 5.74) is 9.66. The van der Waals surface area contributed by atoms with Gasteiger partial charge in [-0.3, -0.25) is 5.32 Å². The molecule has 3 N–H and O–H groups in total. The lowest BCUT2D eigenvalue weighted by atomic mass is 10.0. The van der Waals surface area contributed by atoms with E-state index in [-0.39, 0.29) is 6.04 Å². The molecule has 2 aromatic carbocycles. The van der Waals surface area contributed by atoms with Crippen molar-refractivity contribution in [3.8, 4) is 0 Å². The molecule has 0 saturated heterocycles. The molecule has 1 aromatic heterocycles. The molecule has 1 heterocycles. The van der Waals surface area contributed by atoms with Crippen LogP contribution in [0.1, 0.15) is 30.0 Å². The molecule has 3 aromatic rings. The van der Waals surface area contributed by atoms with Gasteiger partial charge in [0.15, 0.2) is 0 Å². The Labute approximate surface area is 146 Å². The van der Waals surface area contributed by atoms with Crippen LogP contribution in [0, 0.1) is 6.92 Å². The van der Waals surface area contributed by atoms with Crippen molar-refractivity contribution in [2.75, 3.05) is 11.9 Å². The number of nitrogens with one attached hydrogen (secondary N) is 1. The number of amides is 1. The number of rotatable bonds is 4. The van der Waals surface area contributed by atoms with E-state index in [4.69, 9.17) is 10.5 Å². The number of nitrogens with two attached hydrogens (primary N) is 1. The molecule has 0 fully saturated rings. The minimum Gasteiger partial charge on any atom is -0.450 e. The summed E-state index contributed by atoms with van der Waals surface area (Å²) in [6.07, 6.45) is -0.475. The van der Waals surface area contributed by atoms with E-state index in [1.54, 1.807) is 19.1 Å². The number of anilines is 1. The number of hydrogen-bond acceptors (Lipinski definition) is 5. The van der Waals surface area contributed by atoms with Gasteiger partial charge in [-0.05, 0) is 37.6 Å². The Morgan fingerprint density at radius 2 is 1.88 bits per heavy atom. The van der Waals surface area contributed by atoms with Crippen molar-refractivity contribution >= 4 is 22.7 Å². The molecule has 1 atom stereocenters. The monoisotopic (exact) mass is 336 g/mol. The Hall–Kier alpha value is -2.99. The van der Waals surface area contributed by atoms with Crippen molar-refractivity contribution < 1.29 is 9.53 Å². The van der Waals surface area contributed by atoms with E-state index in [9.17, 15) is 4.79 Å². The van der Waals surface area contributed by atoms with Crippen molar-refractivity contribution in [3.05, 3.63) is 65.6 Å². The highest BCUT2D eigenvalue weighted by atomic mass is 16.5. The predicted molar refractivity (Wildman–Crippen MR) is 97.4 cm³/mol. The Morgan fingerprint density at radius 3 is 2.60 bits per heavy atom. The molecule has 0 bridgehead atoms. The van der Waals surface area contributed by atoms with E-state index in [0.717, 1.165) is 22.2 Å². The van der Waals surface area contributed by atoms with E-state index < -0.39 is 6.09 Å². The van der Waals surface area contributed by atoms with Crippen molar-refractivity contribution in [1.82, 2.24) is 9.97 Å². The second-order valence-corrected chi connectivity index (χ2v) is 5.62. The first-order valence-electron chi connectivity index (χ1n) is 8.11. The van der Waals surface area contributed by atoms with Gasteiger partial charge in [0.05, 0.1) is 23.9 Å². The molecule has 0 aliphatic rings. The van der Waals surface area contributed by atoms with Gasteiger partial charge in [-0.2, -0.15) is 0 Å². The van der Waals surface area contributed by atoms with Crippen LogP contribution in [0.25, 0.3) is 10.9 Å². The average Bonchev–Trinajstić information content (AvgIpc) is 2.61. The minimum absolute atomic E-state index is 0.328. The molecule has 0 radical (unpaired) electrons. The first-order chi connectivity index (χ1) is 12.1. The standard InChI is InChI=1S/C19H20N4O2/c1-3-25-19(24)23-14-10-8-13(9-11-14)17(20)18-15-6-4-5-7-16(15)21-12(2)22-18/h4-11,17H,3,20H2,1-2H3,(H,23,24). The highest BCUT2D eigenvalue weighted by molar-refractivity contribution is 5.84. The second-order valence-electron chi connectivity index (χ2n) is 5.62. The Morgan fingerprint density at radius 1 is 1.16 bits per heavy atom. The number of carbonyl (C=O) groups excluding carboxylic acids is 1. The first kappa shape index (κ1) is 16.9. The van der Waals surface area contributed by atoms with E-state index in [2.05, 4.69) is 15.3 Å². The lowest BCUT2D eigenvalue weighted by Crippen LogP contribution is -2.16. The maximum atomic E-state index is 11.5. The van der Waals surface area contributed by atoms with E-state index >= 15 is 0 Å². The van der Waals surface area contributed by atoms with E-state index in [1.165, 1.54) is 0 Å². The van der Waals surface area contributed by atoms with Crippen LogP contribution in [-0.4, -0.2) is 22.7 Å². The number of benzene rings is 2. The highest BCUT2D eigenvalue weighted by Gasteiger charge is 2.15. The van der Waals surface area contributed by atoms with Gasteiger partial charge in [0.1, 0.15) is 5.82 Å². The zero-order chi connectivity index (χ0) is 17.8. The minimum atomic E-state index is -0.475. The zero-order valence-corrected chi connectivity index (χ0v) is 14.2. The SMILES string of the molecule is CCOC(=O)Nc1ccc(C(N)c2nc(C)nc3ccccc23)cc1. The molecule has 1 amide bonds. The summed E-state index contributed by atoms with van der Waals surface area (Å²) in [6.45, 7) is 3.94. The number of aromatic nitrogens is 2. The topological polar surface area (TPSA) is 90.1 Å². The molecule has 0 aliphatic heterocycles. The number of nitrogens with zero attached hydrogens (tertiary/aromatic N) is 2. The highest BCUT2D eigenvalue weighted by Crippen LogP contribution is 2.26. The van der Waals surface area contributed by atoms with Crippen molar-refractivity contribution in [2.45, 2.75) is 19.9 Å². The maximum Gasteiger partial charge on any atom is 0.411 e. The second kappa shape index (κ2) is 7.27. The van der Waals surface area contributed by atoms with Gasteiger partial charge in [0.25, 0.3) is 0 Å². The quantitative estimate of drug-likeness (QED) is 0.760. The van der Waals surface area contributed by atoms with Crippen molar-refractivity contribution in [3.63, 3.8) is 0 Å². The van der Waals surface area contributed by atoms with Crippen LogP contribution in [0.15, 0.2) is 48.5 Å². The summed E-state index contributed by atoms with van der Waals surface area (Å²) in [4.78, 5) is 20.5. The number of aryl methyl sites for hydroxylation is 1. The van der Waals surface area contributed by atoms with E-state index in [1.807, 2.05) is 43.3 Å². The number of para-hydroxylation sites is 1. The normalized spacial score (nSPS) is 12.0. The van der Waals surface area contributed by atoms with Gasteiger partial charge in [0, 0.05) is 11.1 Å². The Kier molecular flexibility index (Phi) is 4.90. The third kappa shape index (κ3) is 3.75. The Balaban J connectivity index is 1.89. The maximum absolute atomic E-state index is 11.5. The predicted octanol–water partition coefficient (Wildman–Crippen LogP) is 3.55. The molecule has 1 unspecified atom stereocenters. The molecule has 6 heteroatoms. The summed E-state index contributed by atoms with van der Waals surface area (Å²) in [7, 11) is 0. The summed E-state index contributed by atoms with van der Waals surface area (Å²) in [5, 5.41) is 3.60. The van der Waals surface area contributed by atoms with E-state index in [0.29, 0.717) is 18.1 Å². The van der Waals surface area contributed by atoms with Crippen LogP contribution in [0.5, 0.6) is 0 Å². The number of ether oxygens (including phenoxy) is 1. The average molecular weight is 336 g/mol. The summed E-state index contributed by atoms with van der Waals surface area (Å²) < 4.78 is 4.86. The molecule has 3 rings (SSSR count). The van der Waals surface area contributed by atoms with Crippen molar-refractivity contribution in [2.24, 2.45) is 5.73 Å². The lowest BCUT2D eigenvalue weighted by molar-refractivity contribution is 0.168. The van der Waals surface area contributed by atoms with Gasteiger partial charge >= 0.3 is 6.09 Å². The van der Waals surface area contributed by atoms with Crippen LogP contribution >= 0.6 is 0 Å². The number of carbonyl (C=O) groups is 1. The molecular formula is C19H20N4O2. The van der Waals surface area contributed by atoms with Gasteiger partial charge in [-0.15, -0.1) is 0 Å². The Bertz CT molecular complexity index is 894. The number of hydrogen-bond donors (Lipinski definition) is 2. The van der Waals surface area contributed by atoms with Crippen LogP contribution in [0.2, 0.25) is 0 Å². The van der Waals surface area contributed by atoms with Crippen LogP contribution in [0.4, 0.5) is 10.5 Å². The lowest BCUT2D eigenvalue weighted by Gasteiger charge is -2.15. The van der Waals surface area contributed by atoms with Crippen molar-refractivity contribution in [1.29, 1.82) is 0 Å². The summed E-state index contributed by atoms with van der Waals surface area (Å²) >= 11 is 0. The van der Waals surface area contributed by atoms with Gasteiger partial charge < -0.3 is 10.5 Å². The molecule has 6 nitrogen and oxygen atoms in total. The molecule has 0 aliphatic carbocycles. The fraction of sp³-hybridized carbons (Fsp3) is 0.211. The fourth-order valence-electron chi connectivity index (χ4n) is 2.68. The first-order valence-corrected chi connectivity index (χ1v) is 8.11. The molecule has 0 saturated carbocycles. The largest absolute Gasteiger partial charge is 0.450 e. The van der Waals surface area contributed by atoms with Gasteiger partial charge in [-0.25, -0.2) is 14.8 Å². The van der Waals surface area contributed by atoms with Gasteiger partial charge in [0.2, 0.25) is 0 Å². The van der Waals surface area contributed by atoms with Crippen LogP contribution < -0.4 is 11.1 Å². The smallest absolute Gasteiger partial charge is 0.411 e.